The maximum atomic E-state index is 5.35. The van der Waals surface area contributed by atoms with Gasteiger partial charge < -0.3 is 0 Å². The zero-order valence-electron chi connectivity index (χ0n) is 8.34. The van der Waals surface area contributed by atoms with Gasteiger partial charge in [0.15, 0.2) is 0 Å². The minimum absolute atomic E-state index is 0.535. The van der Waals surface area contributed by atoms with E-state index in [4.69, 9.17) is 12.2 Å². The van der Waals surface area contributed by atoms with Crippen LogP contribution < -0.4 is 0 Å². The van der Waals surface area contributed by atoms with Crippen molar-refractivity contribution in [3.05, 3.63) is 36.0 Å². The number of rotatable bonds is 3. The van der Waals surface area contributed by atoms with Crippen LogP contribution in [0.25, 0.3) is 0 Å². The maximum Gasteiger partial charge on any atom is 0.0227 e. The molecule has 0 aromatic heterocycles. The summed E-state index contributed by atoms with van der Waals surface area (Å²) in [6.07, 6.45) is 8.14. The highest BCUT2D eigenvalue weighted by molar-refractivity contribution is 7.80. The molecular weight excluding hydrogens is 176 g/mol. The molecule has 0 aliphatic heterocycles. The van der Waals surface area contributed by atoms with Crippen LogP contribution in [0.15, 0.2) is 36.0 Å². The molecule has 0 N–H and O–H groups in total. The molecule has 1 aliphatic carbocycles. The van der Waals surface area contributed by atoms with Crippen LogP contribution in [-0.4, -0.2) is 4.86 Å². The second-order valence-electron chi connectivity index (χ2n) is 3.62. The quantitative estimate of drug-likeness (QED) is 0.483. The van der Waals surface area contributed by atoms with E-state index in [0.29, 0.717) is 5.92 Å². The molecule has 0 saturated carbocycles. The normalized spacial score (nSPS) is 17.0. The first-order valence-corrected chi connectivity index (χ1v) is 5.11. The number of allylic oxidation sites excluding steroid dienone is 5. The predicted octanol–water partition coefficient (Wildman–Crippen LogP) is 3.84. The summed E-state index contributed by atoms with van der Waals surface area (Å²) < 4.78 is 0. The van der Waals surface area contributed by atoms with Crippen molar-refractivity contribution in [3.63, 3.8) is 0 Å². The van der Waals surface area contributed by atoms with Gasteiger partial charge in [-0.25, -0.2) is 0 Å². The molecule has 0 heterocycles. The molecule has 0 saturated heterocycles. The Hall–Kier alpha value is -0.690. The highest BCUT2D eigenvalue weighted by Gasteiger charge is 2.15. The lowest BCUT2D eigenvalue weighted by molar-refractivity contribution is 0.789. The Morgan fingerprint density at radius 1 is 1.62 bits per heavy atom. The summed E-state index contributed by atoms with van der Waals surface area (Å²) in [6.45, 7) is 8.16. The van der Waals surface area contributed by atoms with Crippen molar-refractivity contribution in [1.29, 1.82) is 0 Å². The third-order valence-electron chi connectivity index (χ3n) is 2.21. The van der Waals surface area contributed by atoms with Gasteiger partial charge in [-0.15, -0.1) is 6.58 Å². The van der Waals surface area contributed by atoms with Gasteiger partial charge in [-0.3, -0.25) is 0 Å². The second kappa shape index (κ2) is 4.52. The zero-order chi connectivity index (χ0) is 9.84. The fourth-order valence-corrected chi connectivity index (χ4v) is 2.18. The molecule has 0 spiro atoms. The van der Waals surface area contributed by atoms with Gasteiger partial charge in [0, 0.05) is 11.3 Å². The van der Waals surface area contributed by atoms with Crippen LogP contribution in [0.3, 0.4) is 0 Å². The largest absolute Gasteiger partial charge is 0.103 e. The molecule has 0 bridgehead atoms. The van der Waals surface area contributed by atoms with Crippen LogP contribution in [0, 0.1) is 5.92 Å². The first kappa shape index (κ1) is 10.4. The number of thiocarbonyl (C=S) groups is 1. The highest BCUT2D eigenvalue weighted by atomic mass is 32.1. The van der Waals surface area contributed by atoms with Crippen molar-refractivity contribution in [2.75, 3.05) is 0 Å². The Bertz CT molecular complexity index is 279. The molecule has 70 valence electrons. The predicted molar refractivity (Wildman–Crippen MR) is 63.0 cm³/mol. The van der Waals surface area contributed by atoms with Crippen molar-refractivity contribution >= 4 is 17.1 Å². The Kier molecular flexibility index (Phi) is 3.61. The molecule has 0 nitrogen and oxygen atoms in total. The van der Waals surface area contributed by atoms with Crippen molar-refractivity contribution in [1.82, 2.24) is 0 Å². The minimum Gasteiger partial charge on any atom is -0.103 e. The summed E-state index contributed by atoms with van der Waals surface area (Å²) in [7, 11) is 0. The van der Waals surface area contributed by atoms with Crippen molar-refractivity contribution in [2.24, 2.45) is 5.92 Å². The van der Waals surface area contributed by atoms with E-state index in [1.165, 1.54) is 11.1 Å². The second-order valence-corrected chi connectivity index (χ2v) is 4.11. The van der Waals surface area contributed by atoms with E-state index in [1.54, 1.807) is 0 Å². The molecule has 0 aromatic carbocycles. The maximum absolute atomic E-state index is 5.35. The lowest BCUT2D eigenvalue weighted by Crippen LogP contribution is -2.11. The molecular formula is C12H16S. The van der Waals surface area contributed by atoms with E-state index >= 15 is 0 Å². The van der Waals surface area contributed by atoms with Gasteiger partial charge in [0.05, 0.1) is 0 Å². The molecule has 0 amide bonds. The summed E-state index contributed by atoms with van der Waals surface area (Å²) in [5, 5.41) is 0. The molecule has 0 unspecified atom stereocenters. The van der Waals surface area contributed by atoms with Crippen LogP contribution >= 0.6 is 12.2 Å². The van der Waals surface area contributed by atoms with E-state index in [0.717, 1.165) is 17.7 Å². The Labute approximate surface area is 86.0 Å². The number of hydrogen-bond donors (Lipinski definition) is 0. The molecule has 1 heteroatoms. The van der Waals surface area contributed by atoms with Crippen molar-refractivity contribution < 1.29 is 0 Å². The highest BCUT2D eigenvalue weighted by Crippen LogP contribution is 2.26. The van der Waals surface area contributed by atoms with E-state index in [9.17, 15) is 0 Å². The lowest BCUT2D eigenvalue weighted by Gasteiger charge is -2.19. The fraction of sp³-hybridized carbons (Fsp3) is 0.417. The average Bonchev–Trinajstić information content (AvgIpc) is 2.04. The minimum atomic E-state index is 0.535. The van der Waals surface area contributed by atoms with Crippen LogP contribution in [0.2, 0.25) is 0 Å². The van der Waals surface area contributed by atoms with Crippen LogP contribution in [0.5, 0.6) is 0 Å². The van der Waals surface area contributed by atoms with E-state index in [1.807, 2.05) is 6.08 Å². The van der Waals surface area contributed by atoms with Gasteiger partial charge in [-0.05, 0) is 23.5 Å². The molecule has 1 aliphatic rings. The standard InChI is InChI=1S/C12H16S/c1-4-6-10-7-5-8-11(13)12(10)9(2)3/h4-5,7,9H,1,6,8H2,2-3H3. The van der Waals surface area contributed by atoms with Crippen molar-refractivity contribution in [3.8, 4) is 0 Å². The number of hydrogen-bond acceptors (Lipinski definition) is 1. The molecule has 1 rings (SSSR count). The smallest absolute Gasteiger partial charge is 0.0227 e. The monoisotopic (exact) mass is 192 g/mol. The molecule has 0 atom stereocenters. The van der Waals surface area contributed by atoms with E-state index in [2.05, 4.69) is 32.6 Å². The molecule has 0 radical (unpaired) electrons. The summed E-state index contributed by atoms with van der Waals surface area (Å²) in [4.78, 5) is 1.11. The average molecular weight is 192 g/mol. The topological polar surface area (TPSA) is 0 Å². The zero-order valence-corrected chi connectivity index (χ0v) is 9.16. The fourth-order valence-electron chi connectivity index (χ4n) is 1.71. The summed E-state index contributed by atoms with van der Waals surface area (Å²) in [5.74, 6) is 0.535. The van der Waals surface area contributed by atoms with Crippen LogP contribution in [0.1, 0.15) is 26.7 Å². The Morgan fingerprint density at radius 3 is 2.85 bits per heavy atom. The SMILES string of the molecule is C=CCC1=C(C(C)C)C(=S)CC=C1. The summed E-state index contributed by atoms with van der Waals surface area (Å²) in [5.41, 5.74) is 2.71. The van der Waals surface area contributed by atoms with E-state index in [-0.39, 0.29) is 0 Å². The Balaban J connectivity index is 3.03. The summed E-state index contributed by atoms with van der Waals surface area (Å²) in [6, 6.07) is 0. The van der Waals surface area contributed by atoms with Gasteiger partial charge in [-0.2, -0.15) is 0 Å². The van der Waals surface area contributed by atoms with Gasteiger partial charge in [0.2, 0.25) is 0 Å². The third-order valence-corrected chi connectivity index (χ3v) is 2.60. The van der Waals surface area contributed by atoms with Gasteiger partial charge >= 0.3 is 0 Å². The van der Waals surface area contributed by atoms with Crippen molar-refractivity contribution in [2.45, 2.75) is 26.7 Å². The van der Waals surface area contributed by atoms with Gasteiger partial charge in [0.25, 0.3) is 0 Å². The summed E-state index contributed by atoms with van der Waals surface area (Å²) >= 11 is 5.35. The third kappa shape index (κ3) is 2.38. The van der Waals surface area contributed by atoms with Crippen LogP contribution in [0.4, 0.5) is 0 Å². The van der Waals surface area contributed by atoms with Gasteiger partial charge in [0.1, 0.15) is 0 Å². The molecule has 0 aromatic rings. The lowest BCUT2D eigenvalue weighted by atomic mass is 9.88. The van der Waals surface area contributed by atoms with Crippen LogP contribution in [-0.2, 0) is 0 Å². The first-order chi connectivity index (χ1) is 6.16. The van der Waals surface area contributed by atoms with Gasteiger partial charge in [-0.1, -0.05) is 44.3 Å². The first-order valence-electron chi connectivity index (χ1n) is 4.70. The Morgan fingerprint density at radius 2 is 2.31 bits per heavy atom. The molecule has 13 heavy (non-hydrogen) atoms. The van der Waals surface area contributed by atoms with E-state index < -0.39 is 0 Å². The molecule has 0 fully saturated rings.